The monoisotopic (exact) mass is 260 g/mol. The molecule has 0 aliphatic carbocycles. The maximum absolute atomic E-state index is 11.7. The van der Waals surface area contributed by atoms with Crippen molar-refractivity contribution in [2.45, 2.75) is 71.1 Å². The quantitative estimate of drug-likeness (QED) is 0.781. The molecular weight excluding hydrogens is 236 g/mol. The van der Waals surface area contributed by atoms with Gasteiger partial charge in [-0.2, -0.15) is 0 Å². The van der Waals surface area contributed by atoms with Crippen molar-refractivity contribution in [3.05, 3.63) is 0 Å². The molecule has 18 heavy (non-hydrogen) atoms. The summed E-state index contributed by atoms with van der Waals surface area (Å²) in [6, 6.07) is 0. The Balaban J connectivity index is 2.53. The van der Waals surface area contributed by atoms with Gasteiger partial charge in [0.25, 0.3) is 0 Å². The summed E-state index contributed by atoms with van der Waals surface area (Å²) in [5.74, 6) is -1.07. The minimum atomic E-state index is -0.779. The highest BCUT2D eigenvalue weighted by molar-refractivity contribution is 5.70. The predicted octanol–water partition coefficient (Wildman–Crippen LogP) is 1.62. The molecule has 1 N–H and O–H groups in total. The van der Waals surface area contributed by atoms with E-state index in [1.807, 2.05) is 20.8 Å². The van der Waals surface area contributed by atoms with Crippen LogP contribution in [0.3, 0.4) is 0 Å². The Morgan fingerprint density at radius 3 is 2.39 bits per heavy atom. The van der Waals surface area contributed by atoms with Crippen LogP contribution in [0.25, 0.3) is 0 Å². The van der Waals surface area contributed by atoms with Crippen molar-refractivity contribution in [1.29, 1.82) is 0 Å². The molecule has 0 saturated carbocycles. The van der Waals surface area contributed by atoms with Crippen LogP contribution in [-0.2, 0) is 19.0 Å². The third kappa shape index (κ3) is 5.33. The van der Waals surface area contributed by atoms with E-state index in [0.717, 1.165) is 0 Å². The van der Waals surface area contributed by atoms with Crippen LogP contribution in [0.5, 0.6) is 0 Å². The van der Waals surface area contributed by atoms with Crippen LogP contribution in [0.1, 0.15) is 47.5 Å². The zero-order valence-electron chi connectivity index (χ0n) is 11.9. The molecule has 2 unspecified atom stereocenters. The molecule has 1 aliphatic heterocycles. The van der Waals surface area contributed by atoms with Crippen molar-refractivity contribution in [2.24, 2.45) is 0 Å². The molecule has 1 saturated heterocycles. The molecule has 0 bridgehead atoms. The van der Waals surface area contributed by atoms with Gasteiger partial charge in [-0.05, 0) is 34.6 Å². The van der Waals surface area contributed by atoms with E-state index in [4.69, 9.17) is 19.3 Å². The number of carbonyl (C=O) groups is 1. The number of ether oxygens (including phenoxy) is 3. The molecule has 2 atom stereocenters. The summed E-state index contributed by atoms with van der Waals surface area (Å²) in [5, 5.41) is 9.16. The number of carbonyl (C=O) groups excluding carboxylic acids is 1. The van der Waals surface area contributed by atoms with Crippen LogP contribution in [0.2, 0.25) is 0 Å². The van der Waals surface area contributed by atoms with E-state index < -0.39 is 11.4 Å². The van der Waals surface area contributed by atoms with Gasteiger partial charge in [0.05, 0.1) is 25.2 Å². The first-order valence-electron chi connectivity index (χ1n) is 6.29. The minimum absolute atomic E-state index is 0.0718. The molecule has 5 nitrogen and oxygen atoms in total. The Kier molecular flexibility index (Phi) is 4.75. The third-order valence-electron chi connectivity index (χ3n) is 2.44. The summed E-state index contributed by atoms with van der Waals surface area (Å²) in [6.45, 7) is 8.97. The molecule has 0 amide bonds. The van der Waals surface area contributed by atoms with Crippen molar-refractivity contribution in [1.82, 2.24) is 0 Å². The van der Waals surface area contributed by atoms with Crippen molar-refractivity contribution in [3.8, 4) is 0 Å². The van der Waals surface area contributed by atoms with E-state index in [1.54, 1.807) is 13.8 Å². The molecule has 1 heterocycles. The summed E-state index contributed by atoms with van der Waals surface area (Å²) >= 11 is 0. The van der Waals surface area contributed by atoms with Gasteiger partial charge in [0.2, 0.25) is 0 Å². The van der Waals surface area contributed by atoms with E-state index in [2.05, 4.69) is 0 Å². The largest absolute Gasteiger partial charge is 0.460 e. The summed E-state index contributed by atoms with van der Waals surface area (Å²) < 4.78 is 16.4. The van der Waals surface area contributed by atoms with Crippen molar-refractivity contribution in [3.63, 3.8) is 0 Å². The van der Waals surface area contributed by atoms with Gasteiger partial charge >= 0.3 is 5.97 Å². The second-order valence-corrected chi connectivity index (χ2v) is 6.09. The molecule has 0 aromatic heterocycles. The molecule has 1 rings (SSSR count). The fourth-order valence-corrected chi connectivity index (χ4v) is 2.03. The standard InChI is InChI=1S/C13H24O5/c1-12(2,3)18-11(15)7-9-6-10(8-14)17-13(4,5)16-9/h9-10,14H,6-8H2,1-5H3. The topological polar surface area (TPSA) is 65.0 Å². The number of esters is 1. The lowest BCUT2D eigenvalue weighted by Crippen LogP contribution is -2.46. The minimum Gasteiger partial charge on any atom is -0.460 e. The number of aliphatic hydroxyl groups is 1. The molecular formula is C13H24O5. The Labute approximate surface area is 108 Å². The molecule has 0 spiro atoms. The highest BCUT2D eigenvalue weighted by Gasteiger charge is 2.36. The van der Waals surface area contributed by atoms with Crippen LogP contribution in [0.15, 0.2) is 0 Å². The Bertz CT molecular complexity index is 292. The lowest BCUT2D eigenvalue weighted by molar-refractivity contribution is -0.304. The highest BCUT2D eigenvalue weighted by Crippen LogP contribution is 2.28. The summed E-state index contributed by atoms with van der Waals surface area (Å²) in [7, 11) is 0. The molecule has 0 aromatic carbocycles. The maximum atomic E-state index is 11.7. The van der Waals surface area contributed by atoms with E-state index in [0.29, 0.717) is 6.42 Å². The Hall–Kier alpha value is -0.650. The van der Waals surface area contributed by atoms with Crippen molar-refractivity contribution >= 4 is 5.97 Å². The van der Waals surface area contributed by atoms with Gasteiger partial charge in [0.1, 0.15) is 5.60 Å². The lowest BCUT2D eigenvalue weighted by atomic mass is 10.1. The molecule has 1 aliphatic rings. The fourth-order valence-electron chi connectivity index (χ4n) is 2.03. The average Bonchev–Trinajstić information content (AvgIpc) is 2.11. The van der Waals surface area contributed by atoms with Gasteiger partial charge in [-0.15, -0.1) is 0 Å². The first-order chi connectivity index (χ1) is 8.11. The Morgan fingerprint density at radius 1 is 1.33 bits per heavy atom. The smallest absolute Gasteiger partial charge is 0.308 e. The molecule has 1 fully saturated rings. The predicted molar refractivity (Wildman–Crippen MR) is 66.0 cm³/mol. The van der Waals surface area contributed by atoms with E-state index in [-0.39, 0.29) is 31.2 Å². The lowest BCUT2D eigenvalue weighted by Gasteiger charge is -2.40. The maximum Gasteiger partial charge on any atom is 0.308 e. The number of hydrogen-bond acceptors (Lipinski definition) is 5. The summed E-state index contributed by atoms with van der Waals surface area (Å²) in [5.41, 5.74) is -0.492. The molecule has 0 aromatic rings. The van der Waals surface area contributed by atoms with Crippen molar-refractivity contribution < 1.29 is 24.1 Å². The second kappa shape index (κ2) is 5.55. The summed E-state index contributed by atoms with van der Waals surface area (Å²) in [4.78, 5) is 11.7. The molecule has 106 valence electrons. The van der Waals surface area contributed by atoms with Crippen LogP contribution in [0, 0.1) is 0 Å². The normalized spacial score (nSPS) is 27.9. The van der Waals surface area contributed by atoms with Gasteiger partial charge in [-0.25, -0.2) is 0 Å². The Morgan fingerprint density at radius 2 is 1.89 bits per heavy atom. The second-order valence-electron chi connectivity index (χ2n) is 6.09. The van der Waals surface area contributed by atoms with Crippen LogP contribution >= 0.6 is 0 Å². The number of hydrogen-bond donors (Lipinski definition) is 1. The molecule has 0 radical (unpaired) electrons. The zero-order valence-corrected chi connectivity index (χ0v) is 11.9. The average molecular weight is 260 g/mol. The van der Waals surface area contributed by atoms with Gasteiger partial charge < -0.3 is 19.3 Å². The first kappa shape index (κ1) is 15.4. The van der Waals surface area contributed by atoms with Gasteiger partial charge in [-0.1, -0.05) is 0 Å². The van der Waals surface area contributed by atoms with Crippen molar-refractivity contribution in [2.75, 3.05) is 6.61 Å². The van der Waals surface area contributed by atoms with Crippen LogP contribution < -0.4 is 0 Å². The first-order valence-corrected chi connectivity index (χ1v) is 6.29. The number of rotatable bonds is 3. The van der Waals surface area contributed by atoms with E-state index in [1.165, 1.54) is 0 Å². The number of aliphatic hydroxyl groups excluding tert-OH is 1. The van der Waals surface area contributed by atoms with Crippen LogP contribution in [-0.4, -0.2) is 41.3 Å². The van der Waals surface area contributed by atoms with Gasteiger partial charge in [0, 0.05) is 6.42 Å². The molecule has 5 heteroatoms. The van der Waals surface area contributed by atoms with E-state index in [9.17, 15) is 4.79 Å². The fraction of sp³-hybridized carbons (Fsp3) is 0.923. The highest BCUT2D eigenvalue weighted by atomic mass is 16.7. The van der Waals surface area contributed by atoms with E-state index >= 15 is 0 Å². The summed E-state index contributed by atoms with van der Waals surface area (Å²) in [6.07, 6.45) is 0.113. The third-order valence-corrected chi connectivity index (χ3v) is 2.44. The van der Waals surface area contributed by atoms with Gasteiger partial charge in [-0.3, -0.25) is 4.79 Å². The van der Waals surface area contributed by atoms with Crippen LogP contribution in [0.4, 0.5) is 0 Å². The SMILES string of the molecule is CC(C)(C)OC(=O)CC1CC(CO)OC(C)(C)O1. The zero-order chi connectivity index (χ0) is 14.0. The van der Waals surface area contributed by atoms with Gasteiger partial charge in [0.15, 0.2) is 5.79 Å².